The zero-order valence-corrected chi connectivity index (χ0v) is 21.0. The highest BCUT2D eigenvalue weighted by molar-refractivity contribution is 6.15. The summed E-state index contributed by atoms with van der Waals surface area (Å²) in [4.78, 5) is 2.47. The molecule has 0 bridgehead atoms. The molecule has 1 aliphatic rings. The molecule has 3 heteroatoms. The van der Waals surface area contributed by atoms with E-state index in [0.717, 1.165) is 6.54 Å². The van der Waals surface area contributed by atoms with Gasteiger partial charge >= 0.3 is 0 Å². The second-order valence-electron chi connectivity index (χ2n) is 10.2. The number of piperidine rings is 1. The number of β-amino-alcohol motifs (C(OH)–C–C–N with tert-alkyl or cyclic N) is 1. The number of hydrogen-bond donors (Lipinski definition) is 1. The minimum atomic E-state index is -0.453. The Morgan fingerprint density at radius 3 is 2.19 bits per heavy atom. The Morgan fingerprint density at radius 1 is 0.750 bits per heavy atom. The van der Waals surface area contributed by atoms with Crippen molar-refractivity contribution in [2.45, 2.75) is 44.9 Å². The molecule has 0 amide bonds. The second-order valence-corrected chi connectivity index (χ2v) is 10.2. The molecule has 5 aromatic rings. The first-order valence-corrected chi connectivity index (χ1v) is 13.3. The summed E-state index contributed by atoms with van der Waals surface area (Å²) < 4.78 is 2.40. The van der Waals surface area contributed by atoms with Gasteiger partial charge in [-0.3, -0.25) is 4.90 Å². The van der Waals surface area contributed by atoms with Crippen LogP contribution in [0.15, 0.2) is 97.1 Å². The molecule has 1 fully saturated rings. The molecule has 4 aromatic carbocycles. The van der Waals surface area contributed by atoms with E-state index in [1.807, 2.05) is 0 Å². The number of benzene rings is 4. The highest BCUT2D eigenvalue weighted by atomic mass is 16.3. The van der Waals surface area contributed by atoms with E-state index in [2.05, 4.69) is 113 Å². The molecule has 0 radical (unpaired) electrons. The van der Waals surface area contributed by atoms with E-state index in [-0.39, 0.29) is 0 Å². The van der Waals surface area contributed by atoms with Gasteiger partial charge in [-0.25, -0.2) is 0 Å². The van der Waals surface area contributed by atoms with E-state index in [1.54, 1.807) is 0 Å². The monoisotopic (exact) mass is 474 g/mol. The fourth-order valence-corrected chi connectivity index (χ4v) is 6.07. The Labute approximate surface area is 213 Å². The van der Waals surface area contributed by atoms with Crippen LogP contribution in [0.1, 0.15) is 26.2 Å². The summed E-state index contributed by atoms with van der Waals surface area (Å²) in [6, 6.07) is 35.0. The lowest BCUT2D eigenvalue weighted by Crippen LogP contribution is -2.43. The molecule has 2 heterocycles. The predicted octanol–water partition coefficient (Wildman–Crippen LogP) is 7.36. The highest BCUT2D eigenvalue weighted by Gasteiger charge is 2.25. The second kappa shape index (κ2) is 9.93. The zero-order valence-electron chi connectivity index (χ0n) is 21.0. The van der Waals surface area contributed by atoms with Crippen molar-refractivity contribution in [3.8, 4) is 22.4 Å². The van der Waals surface area contributed by atoms with Crippen molar-refractivity contribution in [1.29, 1.82) is 0 Å². The normalized spacial score (nSPS) is 17.6. The molecule has 6 rings (SSSR count). The van der Waals surface area contributed by atoms with Crippen molar-refractivity contribution in [1.82, 2.24) is 9.47 Å². The highest BCUT2D eigenvalue weighted by Crippen LogP contribution is 2.43. The summed E-state index contributed by atoms with van der Waals surface area (Å²) in [5.74, 6) is 0. The van der Waals surface area contributed by atoms with Gasteiger partial charge in [0.15, 0.2) is 0 Å². The van der Waals surface area contributed by atoms with Crippen LogP contribution in [0.4, 0.5) is 0 Å². The number of nitrogens with zero attached hydrogens (tertiary/aromatic N) is 2. The molecule has 2 atom stereocenters. The summed E-state index contributed by atoms with van der Waals surface area (Å²) in [5.41, 5.74) is 6.00. The van der Waals surface area contributed by atoms with E-state index in [9.17, 15) is 5.11 Å². The third kappa shape index (κ3) is 4.23. The molecule has 0 spiro atoms. The quantitative estimate of drug-likeness (QED) is 0.278. The Hall–Kier alpha value is -3.40. The number of likely N-dealkylation sites (tertiary alicyclic amines) is 1. The van der Waals surface area contributed by atoms with Gasteiger partial charge in [-0.05, 0) is 42.8 Å². The van der Waals surface area contributed by atoms with E-state index in [4.69, 9.17) is 0 Å². The minimum absolute atomic E-state index is 0.453. The van der Waals surface area contributed by atoms with Crippen LogP contribution in [0, 0.1) is 0 Å². The molecule has 182 valence electrons. The van der Waals surface area contributed by atoms with Crippen LogP contribution in [0.5, 0.6) is 0 Å². The number of aliphatic hydroxyl groups is 1. The first-order chi connectivity index (χ1) is 17.7. The SMILES string of the molecule is C[C@H]1CCCCN1C[C@H](O)Cn1c(-c2ccccc2)c(-c2ccccc2)c2ccc3ccccc3c21. The Balaban J connectivity index is 1.58. The lowest BCUT2D eigenvalue weighted by atomic mass is 9.97. The van der Waals surface area contributed by atoms with Crippen LogP contribution < -0.4 is 0 Å². The number of hydrogen-bond acceptors (Lipinski definition) is 2. The number of aromatic nitrogens is 1. The molecular weight excluding hydrogens is 440 g/mol. The van der Waals surface area contributed by atoms with E-state index >= 15 is 0 Å². The maximum absolute atomic E-state index is 11.5. The summed E-state index contributed by atoms with van der Waals surface area (Å²) in [6.07, 6.45) is 3.28. The molecule has 0 aliphatic carbocycles. The summed E-state index contributed by atoms with van der Waals surface area (Å²) in [7, 11) is 0. The Kier molecular flexibility index (Phi) is 6.35. The first kappa shape index (κ1) is 23.0. The van der Waals surface area contributed by atoms with Crippen LogP contribution in [0.25, 0.3) is 44.1 Å². The van der Waals surface area contributed by atoms with Gasteiger partial charge in [-0.15, -0.1) is 0 Å². The van der Waals surface area contributed by atoms with Crippen molar-refractivity contribution in [3.05, 3.63) is 97.1 Å². The molecule has 1 aromatic heterocycles. The van der Waals surface area contributed by atoms with E-state index in [0.29, 0.717) is 19.1 Å². The summed E-state index contributed by atoms with van der Waals surface area (Å²) in [5, 5.41) is 15.2. The van der Waals surface area contributed by atoms with Gasteiger partial charge in [0, 0.05) is 28.9 Å². The van der Waals surface area contributed by atoms with Gasteiger partial charge in [0.05, 0.1) is 23.9 Å². The minimum Gasteiger partial charge on any atom is -0.390 e. The molecule has 1 N–H and O–H groups in total. The van der Waals surface area contributed by atoms with Gasteiger partial charge in [-0.2, -0.15) is 0 Å². The van der Waals surface area contributed by atoms with Crippen LogP contribution in [-0.2, 0) is 6.54 Å². The molecule has 0 saturated carbocycles. The fourth-order valence-electron chi connectivity index (χ4n) is 6.07. The molecular formula is C33H34N2O. The average Bonchev–Trinajstić information content (AvgIpc) is 3.25. The van der Waals surface area contributed by atoms with E-state index < -0.39 is 6.10 Å². The molecule has 0 unspecified atom stereocenters. The smallest absolute Gasteiger partial charge is 0.0846 e. The van der Waals surface area contributed by atoms with Gasteiger partial charge in [0.1, 0.15) is 0 Å². The third-order valence-corrected chi connectivity index (χ3v) is 7.84. The molecule has 36 heavy (non-hydrogen) atoms. The van der Waals surface area contributed by atoms with Gasteiger partial charge in [0.25, 0.3) is 0 Å². The van der Waals surface area contributed by atoms with Crippen molar-refractivity contribution >= 4 is 21.7 Å². The van der Waals surface area contributed by atoms with Gasteiger partial charge < -0.3 is 9.67 Å². The molecule has 3 nitrogen and oxygen atoms in total. The van der Waals surface area contributed by atoms with Crippen molar-refractivity contribution in [2.24, 2.45) is 0 Å². The predicted molar refractivity (Wildman–Crippen MR) is 151 cm³/mol. The largest absolute Gasteiger partial charge is 0.390 e. The lowest BCUT2D eigenvalue weighted by Gasteiger charge is -2.35. The van der Waals surface area contributed by atoms with Crippen molar-refractivity contribution in [2.75, 3.05) is 13.1 Å². The van der Waals surface area contributed by atoms with Crippen molar-refractivity contribution < 1.29 is 5.11 Å². The van der Waals surface area contributed by atoms with Crippen LogP contribution in [-0.4, -0.2) is 39.8 Å². The third-order valence-electron chi connectivity index (χ3n) is 7.84. The number of rotatable bonds is 6. The van der Waals surface area contributed by atoms with Crippen LogP contribution in [0.2, 0.25) is 0 Å². The molecule has 1 saturated heterocycles. The van der Waals surface area contributed by atoms with Crippen LogP contribution >= 0.6 is 0 Å². The summed E-state index contributed by atoms with van der Waals surface area (Å²) >= 11 is 0. The fraction of sp³-hybridized carbons (Fsp3) is 0.273. The van der Waals surface area contributed by atoms with Crippen molar-refractivity contribution in [3.63, 3.8) is 0 Å². The summed E-state index contributed by atoms with van der Waals surface area (Å²) in [6.45, 7) is 4.65. The maximum Gasteiger partial charge on any atom is 0.0846 e. The van der Waals surface area contributed by atoms with Gasteiger partial charge in [-0.1, -0.05) is 103 Å². The zero-order chi connectivity index (χ0) is 24.5. The lowest BCUT2D eigenvalue weighted by molar-refractivity contribution is 0.0647. The number of aliphatic hydroxyl groups excluding tert-OH is 1. The Bertz CT molecular complexity index is 1470. The average molecular weight is 475 g/mol. The topological polar surface area (TPSA) is 28.4 Å². The van der Waals surface area contributed by atoms with E-state index in [1.165, 1.54) is 63.3 Å². The maximum atomic E-state index is 11.5. The molecule has 1 aliphatic heterocycles. The van der Waals surface area contributed by atoms with Gasteiger partial charge in [0.2, 0.25) is 0 Å². The Morgan fingerprint density at radius 2 is 1.44 bits per heavy atom. The van der Waals surface area contributed by atoms with Crippen LogP contribution in [0.3, 0.4) is 0 Å². The number of fused-ring (bicyclic) bond motifs is 3. The standard InChI is InChI=1S/C33H34N2O/c1-24-12-10-11-21-34(24)22-28(36)23-35-32(27-16-6-3-7-17-27)31(26-14-4-2-5-15-26)30-20-19-25-13-8-9-18-29(25)33(30)35/h2-9,13-20,24,28,36H,10-12,21-23H2,1H3/t24-,28-/m0/s1. The first-order valence-electron chi connectivity index (χ1n) is 13.3.